The third kappa shape index (κ3) is 5.21. The molecule has 0 saturated carbocycles. The molecule has 116 valence electrons. The number of para-hydroxylation sites is 1. The van der Waals surface area contributed by atoms with Crippen molar-refractivity contribution >= 4 is 17.2 Å². The van der Waals surface area contributed by atoms with Gasteiger partial charge in [-0.1, -0.05) is 39.0 Å². The summed E-state index contributed by atoms with van der Waals surface area (Å²) in [6, 6.07) is 8.45. The van der Waals surface area contributed by atoms with Crippen molar-refractivity contribution in [2.24, 2.45) is 10.5 Å². The van der Waals surface area contributed by atoms with Crippen molar-refractivity contribution in [2.75, 3.05) is 12.1 Å². The number of hydrogen-bond donors (Lipinski definition) is 0. The van der Waals surface area contributed by atoms with E-state index in [0.29, 0.717) is 5.69 Å². The average molecular weight is 300 g/mol. The highest BCUT2D eigenvalue weighted by atomic mass is 19.4. The summed E-state index contributed by atoms with van der Waals surface area (Å²) in [5.74, 6) is -0.500. The molecule has 1 aromatic carbocycles. The van der Waals surface area contributed by atoms with E-state index in [4.69, 9.17) is 0 Å². The summed E-state index contributed by atoms with van der Waals surface area (Å²) in [6.45, 7) is 4.76. The number of hydrogen-bond acceptors (Lipinski definition) is 3. The van der Waals surface area contributed by atoms with Gasteiger partial charge >= 0.3 is 6.18 Å². The van der Waals surface area contributed by atoms with Crippen molar-refractivity contribution < 1.29 is 18.0 Å². The van der Waals surface area contributed by atoms with E-state index < -0.39 is 29.5 Å². The fourth-order valence-electron chi connectivity index (χ4n) is 1.49. The highest BCUT2D eigenvalue weighted by molar-refractivity contribution is 6.06. The number of ketones is 1. The minimum absolute atomic E-state index is 0.500. The van der Waals surface area contributed by atoms with E-state index in [-0.39, 0.29) is 0 Å². The predicted molar refractivity (Wildman–Crippen MR) is 77.4 cm³/mol. The molecule has 0 radical (unpaired) electrons. The highest BCUT2D eigenvalue weighted by Gasteiger charge is 2.39. The fraction of sp³-hybridized carbons (Fsp3) is 0.467. The molecule has 1 rings (SSSR count). The molecular weight excluding hydrogens is 281 g/mol. The Morgan fingerprint density at radius 3 is 2.10 bits per heavy atom. The molecule has 3 nitrogen and oxygen atoms in total. The van der Waals surface area contributed by atoms with Gasteiger partial charge in [0.25, 0.3) is 0 Å². The van der Waals surface area contributed by atoms with Crippen molar-refractivity contribution in [1.29, 1.82) is 0 Å². The van der Waals surface area contributed by atoms with Crippen molar-refractivity contribution in [1.82, 2.24) is 0 Å². The minimum Gasteiger partial charge on any atom is -0.299 e. The smallest absolute Gasteiger partial charge is 0.299 e. The first-order valence-electron chi connectivity index (χ1n) is 6.48. The molecule has 0 atom stereocenters. The molecule has 0 bridgehead atoms. The molecule has 1 aromatic rings. The number of carbonyl (C=O) groups excluding carboxylic acids is 1. The quantitative estimate of drug-likeness (QED) is 0.621. The average Bonchev–Trinajstić information content (AvgIpc) is 2.36. The summed E-state index contributed by atoms with van der Waals surface area (Å²) in [5, 5.41) is 4.70. The number of halogens is 3. The molecule has 0 aromatic heterocycles. The number of anilines is 1. The standard InChI is InChI=1S/C15H19F3N2O/c1-14(2,3)13(21)10-12(15(16,17)18)19-20(4)11-8-6-5-7-9-11/h5-9H,10H2,1-4H3/b19-12-. The van der Waals surface area contributed by atoms with Crippen LogP contribution in [0.1, 0.15) is 27.2 Å². The van der Waals surface area contributed by atoms with E-state index >= 15 is 0 Å². The van der Waals surface area contributed by atoms with Crippen LogP contribution in [0.3, 0.4) is 0 Å². The van der Waals surface area contributed by atoms with Crippen LogP contribution in [0.4, 0.5) is 18.9 Å². The number of benzene rings is 1. The van der Waals surface area contributed by atoms with Gasteiger partial charge in [-0.25, -0.2) is 0 Å². The molecular formula is C15H19F3N2O. The molecule has 6 heteroatoms. The van der Waals surface area contributed by atoms with Gasteiger partial charge in [0, 0.05) is 12.5 Å². The third-order valence-electron chi connectivity index (χ3n) is 2.89. The normalized spacial score (nSPS) is 13.2. The molecule has 0 saturated heterocycles. The van der Waals surface area contributed by atoms with Gasteiger partial charge < -0.3 is 0 Å². The van der Waals surface area contributed by atoms with Crippen LogP contribution in [0.25, 0.3) is 0 Å². The van der Waals surface area contributed by atoms with Gasteiger partial charge in [0.15, 0.2) is 0 Å². The summed E-state index contributed by atoms with van der Waals surface area (Å²) in [4.78, 5) is 11.8. The Hall–Kier alpha value is -1.85. The zero-order valence-electron chi connectivity index (χ0n) is 12.5. The Bertz CT molecular complexity index is 516. The lowest BCUT2D eigenvalue weighted by molar-refractivity contribution is -0.126. The molecule has 0 aliphatic rings. The van der Waals surface area contributed by atoms with Gasteiger partial charge in [-0.3, -0.25) is 9.80 Å². The lowest BCUT2D eigenvalue weighted by Crippen LogP contribution is -2.32. The molecule has 0 fully saturated rings. The van der Waals surface area contributed by atoms with Gasteiger partial charge in [0.2, 0.25) is 0 Å². The van der Waals surface area contributed by atoms with Crippen molar-refractivity contribution in [2.45, 2.75) is 33.4 Å². The Morgan fingerprint density at radius 1 is 1.14 bits per heavy atom. The van der Waals surface area contributed by atoms with Crippen molar-refractivity contribution in [3.8, 4) is 0 Å². The minimum atomic E-state index is -4.63. The van der Waals surface area contributed by atoms with Crippen LogP contribution in [-0.4, -0.2) is 24.7 Å². The molecule has 0 spiro atoms. The van der Waals surface area contributed by atoms with Crippen molar-refractivity contribution in [3.63, 3.8) is 0 Å². The summed E-state index contributed by atoms with van der Waals surface area (Å²) in [5.41, 5.74) is -1.41. The maximum atomic E-state index is 13.0. The van der Waals surface area contributed by atoms with E-state index in [9.17, 15) is 18.0 Å². The van der Waals surface area contributed by atoms with Crippen LogP contribution in [-0.2, 0) is 4.79 Å². The van der Waals surface area contributed by atoms with Crippen LogP contribution in [0, 0.1) is 5.41 Å². The maximum Gasteiger partial charge on any atom is 0.431 e. The van der Waals surface area contributed by atoms with Crippen LogP contribution in [0.2, 0.25) is 0 Å². The fourth-order valence-corrected chi connectivity index (χ4v) is 1.49. The zero-order chi connectivity index (χ0) is 16.3. The van der Waals surface area contributed by atoms with Crippen LogP contribution in [0.15, 0.2) is 35.4 Å². The summed E-state index contributed by atoms with van der Waals surface area (Å²) >= 11 is 0. The largest absolute Gasteiger partial charge is 0.431 e. The Kier molecular flexibility index (Phi) is 5.15. The van der Waals surface area contributed by atoms with Crippen LogP contribution in [0.5, 0.6) is 0 Å². The van der Waals surface area contributed by atoms with E-state index in [1.165, 1.54) is 7.05 Å². The zero-order valence-corrected chi connectivity index (χ0v) is 12.5. The molecule has 0 unspecified atom stereocenters. The number of nitrogens with zero attached hydrogens (tertiary/aromatic N) is 2. The number of hydrazone groups is 1. The second-order valence-corrected chi connectivity index (χ2v) is 5.75. The van der Waals surface area contributed by atoms with Gasteiger partial charge in [-0.15, -0.1) is 0 Å². The number of carbonyl (C=O) groups is 1. The summed E-state index contributed by atoms with van der Waals surface area (Å²) in [7, 11) is 1.42. The molecule has 0 aliphatic heterocycles. The lowest BCUT2D eigenvalue weighted by Gasteiger charge is -2.20. The predicted octanol–water partition coefficient (Wildman–Crippen LogP) is 4.05. The highest BCUT2D eigenvalue weighted by Crippen LogP contribution is 2.25. The Morgan fingerprint density at radius 2 is 1.67 bits per heavy atom. The topological polar surface area (TPSA) is 32.7 Å². The summed E-state index contributed by atoms with van der Waals surface area (Å²) in [6.07, 6.45) is -5.37. The lowest BCUT2D eigenvalue weighted by atomic mass is 9.88. The molecule has 0 amide bonds. The van der Waals surface area contributed by atoms with Crippen LogP contribution >= 0.6 is 0 Å². The second kappa shape index (κ2) is 6.28. The van der Waals surface area contributed by atoms with Gasteiger partial charge in [-0.2, -0.15) is 18.3 Å². The molecule has 21 heavy (non-hydrogen) atoms. The monoisotopic (exact) mass is 300 g/mol. The first kappa shape index (κ1) is 17.2. The SMILES string of the molecule is CN(/N=C(/CC(=O)C(C)(C)C)C(F)(F)F)c1ccccc1. The Labute approximate surface area is 122 Å². The first-order valence-corrected chi connectivity index (χ1v) is 6.48. The van der Waals surface area contributed by atoms with Crippen molar-refractivity contribution in [3.05, 3.63) is 30.3 Å². The van der Waals surface area contributed by atoms with Gasteiger partial charge in [0.1, 0.15) is 11.5 Å². The molecule has 0 heterocycles. The van der Waals surface area contributed by atoms with E-state index in [0.717, 1.165) is 5.01 Å². The van der Waals surface area contributed by atoms with Gasteiger partial charge in [-0.05, 0) is 12.1 Å². The molecule has 0 N–H and O–H groups in total. The summed E-state index contributed by atoms with van der Waals surface area (Å²) < 4.78 is 39.1. The van der Waals surface area contributed by atoms with E-state index in [1.54, 1.807) is 51.1 Å². The number of rotatable bonds is 4. The number of Topliss-reactive ketones (excluding diaryl/α,β-unsaturated/α-hetero) is 1. The number of alkyl halides is 3. The second-order valence-electron chi connectivity index (χ2n) is 5.75. The van der Waals surface area contributed by atoms with E-state index in [1.807, 2.05) is 0 Å². The van der Waals surface area contributed by atoms with Crippen LogP contribution < -0.4 is 5.01 Å². The van der Waals surface area contributed by atoms with Gasteiger partial charge in [0.05, 0.1) is 12.1 Å². The Balaban J connectivity index is 3.04. The first-order chi connectivity index (χ1) is 9.51. The molecule has 0 aliphatic carbocycles. The maximum absolute atomic E-state index is 13.0. The van der Waals surface area contributed by atoms with E-state index in [2.05, 4.69) is 5.10 Å². The third-order valence-corrected chi connectivity index (χ3v) is 2.89.